The summed E-state index contributed by atoms with van der Waals surface area (Å²) < 4.78 is 46.7. The number of rotatable bonds is 13. The second-order valence-corrected chi connectivity index (χ2v) is 11.7. The molecule has 0 heterocycles. The lowest BCUT2D eigenvalue weighted by atomic mass is 10.2. The summed E-state index contributed by atoms with van der Waals surface area (Å²) in [5.74, 6) is 0.292. The van der Waals surface area contributed by atoms with Crippen LogP contribution in [0.2, 0.25) is 0 Å². The summed E-state index contributed by atoms with van der Waals surface area (Å²) in [5.41, 5.74) is 0.470. The van der Waals surface area contributed by atoms with Crippen molar-refractivity contribution in [1.82, 2.24) is 4.31 Å². The number of nitrogens with zero attached hydrogens (tertiary/aromatic N) is 1. The second-order valence-electron chi connectivity index (χ2n) is 8.53. The van der Waals surface area contributed by atoms with Crippen molar-refractivity contribution in [3.8, 4) is 0 Å². The third-order valence-electron chi connectivity index (χ3n) is 5.07. The predicted molar refractivity (Wildman–Crippen MR) is 169 cm³/mol. The van der Waals surface area contributed by atoms with Crippen LogP contribution in [0.3, 0.4) is 0 Å². The molecule has 2 rings (SSSR count). The monoisotopic (exact) mass is 642 g/mol. The van der Waals surface area contributed by atoms with E-state index < -0.39 is 21.9 Å². The van der Waals surface area contributed by atoms with Crippen LogP contribution in [0.4, 0.5) is 5.69 Å². The zero-order valence-corrected chi connectivity index (χ0v) is 27.1. The van der Waals surface area contributed by atoms with Crippen LogP contribution in [0.25, 0.3) is 0 Å². The van der Waals surface area contributed by atoms with Gasteiger partial charge in [-0.05, 0) is 63.6 Å². The molecule has 0 atom stereocenters. The number of hydrogen-bond acceptors (Lipinski definition) is 9. The molecule has 10 nitrogen and oxygen atoms in total. The number of ether oxygens (including phenoxy) is 4. The van der Waals surface area contributed by atoms with E-state index in [0.717, 1.165) is 28.3 Å². The smallest absolute Gasteiger partial charge is 0.338 e. The highest BCUT2D eigenvalue weighted by Gasteiger charge is 2.25. The molecule has 1 aliphatic rings. The lowest BCUT2D eigenvalue weighted by molar-refractivity contribution is -0.112. The average molecular weight is 643 g/mol. The minimum absolute atomic E-state index is 0.0886. The van der Waals surface area contributed by atoms with Crippen LogP contribution in [0.15, 0.2) is 81.0 Å². The first-order valence-corrected chi connectivity index (χ1v) is 15.2. The fourth-order valence-corrected chi connectivity index (χ4v) is 4.81. The molecule has 1 amide bonds. The maximum absolute atomic E-state index is 12.6. The van der Waals surface area contributed by atoms with Gasteiger partial charge in [-0.15, -0.1) is 12.6 Å². The molecule has 0 fully saturated rings. The van der Waals surface area contributed by atoms with Crippen LogP contribution in [0.5, 0.6) is 0 Å². The quantitative estimate of drug-likeness (QED) is 0.0966. The number of benzene rings is 1. The summed E-state index contributed by atoms with van der Waals surface area (Å²) in [5, 5.41) is 2.67. The van der Waals surface area contributed by atoms with Gasteiger partial charge < -0.3 is 24.3 Å². The van der Waals surface area contributed by atoms with Gasteiger partial charge in [0, 0.05) is 31.9 Å². The molecule has 1 N–H and O–H groups in total. The Morgan fingerprint density at radius 3 is 2.17 bits per heavy atom. The Morgan fingerprint density at radius 2 is 1.67 bits per heavy atom. The number of halogens is 1. The highest BCUT2D eigenvalue weighted by molar-refractivity contribution is 7.95. The predicted octanol–water partition coefficient (Wildman–Crippen LogP) is 5.39. The van der Waals surface area contributed by atoms with Gasteiger partial charge in [-0.1, -0.05) is 29.8 Å². The lowest BCUT2D eigenvalue weighted by Crippen LogP contribution is -2.26. The van der Waals surface area contributed by atoms with Crippen molar-refractivity contribution in [2.45, 2.75) is 27.2 Å². The molecule has 1 aliphatic carbocycles. The van der Waals surface area contributed by atoms with Crippen LogP contribution in [0, 0.1) is 0 Å². The third-order valence-corrected chi connectivity index (χ3v) is 7.61. The van der Waals surface area contributed by atoms with E-state index in [9.17, 15) is 18.0 Å². The van der Waals surface area contributed by atoms with Crippen LogP contribution in [-0.2, 0) is 33.8 Å². The number of amides is 1. The van der Waals surface area contributed by atoms with Gasteiger partial charge in [-0.2, -0.15) is 0 Å². The topological polar surface area (TPSA) is 120 Å². The number of methoxy groups -OCH3 is 1. The van der Waals surface area contributed by atoms with Crippen LogP contribution < -0.4 is 5.32 Å². The molecule has 0 spiro atoms. The van der Waals surface area contributed by atoms with Crippen molar-refractivity contribution in [3.05, 3.63) is 86.6 Å². The Balaban J connectivity index is 0.000000563. The molecule has 1 aromatic carbocycles. The van der Waals surface area contributed by atoms with Gasteiger partial charge >= 0.3 is 5.97 Å². The van der Waals surface area contributed by atoms with Gasteiger partial charge in [0.05, 0.1) is 30.3 Å². The number of carbonyl (C=O) groups excluding carboxylic acids is 2. The summed E-state index contributed by atoms with van der Waals surface area (Å²) in [6.07, 6.45) is 10.1. The van der Waals surface area contributed by atoms with E-state index in [1.54, 1.807) is 6.07 Å². The fourth-order valence-electron chi connectivity index (χ4n) is 3.11. The van der Waals surface area contributed by atoms with Gasteiger partial charge in [0.25, 0.3) is 5.91 Å². The van der Waals surface area contributed by atoms with E-state index in [2.05, 4.69) is 30.1 Å². The van der Waals surface area contributed by atoms with E-state index in [4.69, 9.17) is 30.5 Å². The molecule has 0 aliphatic heterocycles. The van der Waals surface area contributed by atoms with E-state index in [1.807, 2.05) is 26.0 Å². The molecule has 42 heavy (non-hydrogen) atoms. The Morgan fingerprint density at radius 1 is 1.07 bits per heavy atom. The zero-order valence-electron chi connectivity index (χ0n) is 24.7. The van der Waals surface area contributed by atoms with Gasteiger partial charge in [-0.25, -0.2) is 17.5 Å². The van der Waals surface area contributed by atoms with Crippen molar-refractivity contribution in [2.24, 2.45) is 0 Å². The Labute approximate surface area is 259 Å². The minimum atomic E-state index is -3.98. The van der Waals surface area contributed by atoms with Crippen molar-refractivity contribution < 1.29 is 37.0 Å². The molecule has 0 unspecified atom stereocenters. The number of thiol groups is 1. The van der Waals surface area contributed by atoms with Crippen molar-refractivity contribution >= 4 is 51.8 Å². The first-order valence-electron chi connectivity index (χ1n) is 13.0. The first-order chi connectivity index (χ1) is 19.9. The zero-order chi connectivity index (χ0) is 31.7. The van der Waals surface area contributed by atoms with Gasteiger partial charge in [0.2, 0.25) is 10.0 Å². The second kappa shape index (κ2) is 19.2. The molecule has 232 valence electrons. The minimum Gasteiger partial charge on any atom is -0.490 e. The number of sulfonamides is 1. The maximum atomic E-state index is 12.6. The Bertz CT molecular complexity index is 1300. The standard InChI is InChI=1S/C18H23ClN2O6S2.C11H16O2/c1-12(19)10-15(29(24,25)21(2)3)16(28)17(22)20-14-7-5-6-13(11-14)18(23)27-9-8-26-4;1-3-12-10-8-6-5-7-9-11(10)13-4-2/h5-7,10-11,28H,8-9H2,1-4H3,(H,20,22);6-9H,3-5H2,1-2H3/b12-10+,16-15+;. The van der Waals surface area contributed by atoms with Crippen molar-refractivity contribution in [3.63, 3.8) is 0 Å². The summed E-state index contributed by atoms with van der Waals surface area (Å²) in [4.78, 5) is 23.9. The summed E-state index contributed by atoms with van der Waals surface area (Å²) >= 11 is 9.91. The average Bonchev–Trinajstić information content (AvgIpc) is 3.17. The highest BCUT2D eigenvalue weighted by atomic mass is 35.5. The molecular weight excluding hydrogens is 604 g/mol. The lowest BCUT2D eigenvalue weighted by Gasteiger charge is -2.15. The summed E-state index contributed by atoms with van der Waals surface area (Å²) in [6.45, 7) is 7.11. The summed E-state index contributed by atoms with van der Waals surface area (Å²) in [7, 11) is 0.156. The number of allylic oxidation sites excluding steroid dienone is 6. The largest absolute Gasteiger partial charge is 0.490 e. The van der Waals surface area contributed by atoms with Gasteiger partial charge in [-0.3, -0.25) is 4.79 Å². The Hall–Kier alpha value is -3.03. The molecule has 0 saturated carbocycles. The first kappa shape index (κ1) is 37.0. The molecular formula is C29H39ClN2O8S2. The van der Waals surface area contributed by atoms with E-state index >= 15 is 0 Å². The number of carbonyl (C=O) groups is 2. The van der Waals surface area contributed by atoms with E-state index in [1.165, 1.54) is 46.3 Å². The molecule has 0 radical (unpaired) electrons. The molecule has 0 saturated heterocycles. The van der Waals surface area contributed by atoms with Crippen molar-refractivity contribution in [1.29, 1.82) is 0 Å². The normalized spacial score (nSPS) is 14.0. The van der Waals surface area contributed by atoms with Crippen LogP contribution in [-0.4, -0.2) is 72.2 Å². The van der Waals surface area contributed by atoms with Crippen LogP contribution in [0.1, 0.15) is 37.6 Å². The number of anilines is 1. The van der Waals surface area contributed by atoms with Gasteiger partial charge in [0.1, 0.15) is 11.5 Å². The molecule has 0 aromatic heterocycles. The van der Waals surface area contributed by atoms with E-state index in [-0.39, 0.29) is 39.3 Å². The third kappa shape index (κ3) is 12.5. The Kier molecular flexibility index (Phi) is 16.9. The summed E-state index contributed by atoms with van der Waals surface area (Å²) in [6, 6.07) is 6.00. The van der Waals surface area contributed by atoms with E-state index in [0.29, 0.717) is 13.2 Å². The number of esters is 1. The molecule has 13 heteroatoms. The number of hydrogen-bond donors (Lipinski definition) is 2. The molecule has 1 aromatic rings. The van der Waals surface area contributed by atoms with Crippen LogP contribution >= 0.6 is 24.2 Å². The SMILES string of the molecule is CCOC1=C(OCC)C=CCC=C1.COCCOC(=O)c1cccc(NC(=O)/C(S)=C(/C=C(\C)Cl)S(=O)(=O)N(C)C)c1. The maximum Gasteiger partial charge on any atom is 0.338 e. The highest BCUT2D eigenvalue weighted by Crippen LogP contribution is 2.24. The van der Waals surface area contributed by atoms with Crippen molar-refractivity contribution in [2.75, 3.05) is 52.9 Å². The number of nitrogens with one attached hydrogen (secondary N) is 1. The van der Waals surface area contributed by atoms with Gasteiger partial charge in [0.15, 0.2) is 11.5 Å². The fraction of sp³-hybridized carbons (Fsp3) is 0.379. The molecule has 0 bridgehead atoms.